The molecular weight excluding hydrogens is 745 g/mol. The van der Waals surface area contributed by atoms with Crippen LogP contribution in [0.25, 0.3) is 109 Å². The van der Waals surface area contributed by atoms with Crippen LogP contribution in [0, 0.1) is 0 Å². The Bertz CT molecular complexity index is 3760. The molecular formula is C57H38N2S. The predicted molar refractivity (Wildman–Crippen MR) is 256 cm³/mol. The average Bonchev–Trinajstić information content (AvgIpc) is 4.01. The Labute approximate surface area is 351 Å². The number of nitrogens with zero attached hydrogens (tertiary/aromatic N) is 2. The summed E-state index contributed by atoms with van der Waals surface area (Å²) in [5.41, 5.74) is 17.5. The van der Waals surface area contributed by atoms with E-state index in [1.54, 1.807) is 0 Å². The molecule has 12 aromatic rings. The van der Waals surface area contributed by atoms with Crippen molar-refractivity contribution in [3.05, 3.63) is 205 Å². The second kappa shape index (κ2) is 12.4. The minimum atomic E-state index is -0.0638. The van der Waals surface area contributed by atoms with E-state index >= 15 is 0 Å². The van der Waals surface area contributed by atoms with Crippen molar-refractivity contribution in [2.75, 3.05) is 0 Å². The molecule has 3 aromatic heterocycles. The fraction of sp³-hybridized carbons (Fsp3) is 0.0526. The molecule has 0 bridgehead atoms. The highest BCUT2D eigenvalue weighted by Crippen LogP contribution is 2.50. The van der Waals surface area contributed by atoms with Gasteiger partial charge in [0.15, 0.2) is 0 Å². The maximum Gasteiger partial charge on any atom is 0.0541 e. The van der Waals surface area contributed by atoms with Gasteiger partial charge < -0.3 is 9.13 Å². The van der Waals surface area contributed by atoms with Gasteiger partial charge in [0.2, 0.25) is 0 Å². The number of hydrogen-bond donors (Lipinski definition) is 0. The molecule has 0 amide bonds. The van der Waals surface area contributed by atoms with Crippen molar-refractivity contribution in [1.82, 2.24) is 9.13 Å². The Hall–Kier alpha value is -7.20. The molecule has 9 aromatic carbocycles. The Morgan fingerprint density at radius 3 is 1.67 bits per heavy atom. The number of aromatic nitrogens is 2. The van der Waals surface area contributed by atoms with Gasteiger partial charge in [0.25, 0.3) is 0 Å². The van der Waals surface area contributed by atoms with Crippen molar-refractivity contribution in [3.8, 4) is 44.8 Å². The Morgan fingerprint density at radius 1 is 0.350 bits per heavy atom. The number of fused-ring (bicyclic) bond motifs is 12. The monoisotopic (exact) mass is 782 g/mol. The van der Waals surface area contributed by atoms with Crippen LogP contribution < -0.4 is 0 Å². The molecule has 0 N–H and O–H groups in total. The molecule has 0 aliphatic heterocycles. The molecule has 0 spiro atoms. The molecule has 0 saturated carbocycles. The molecule has 1 aliphatic carbocycles. The van der Waals surface area contributed by atoms with Crippen LogP contribution >= 0.6 is 11.3 Å². The third-order valence-corrected chi connectivity index (χ3v) is 14.5. The summed E-state index contributed by atoms with van der Waals surface area (Å²) in [5, 5.41) is 7.68. The molecule has 0 saturated heterocycles. The maximum atomic E-state index is 2.46. The summed E-state index contributed by atoms with van der Waals surface area (Å²) >= 11 is 1.87. The van der Waals surface area contributed by atoms with Crippen molar-refractivity contribution < 1.29 is 0 Å². The summed E-state index contributed by atoms with van der Waals surface area (Å²) in [6.45, 7) is 4.72. The van der Waals surface area contributed by atoms with Crippen LogP contribution in [0.1, 0.15) is 25.0 Å². The highest BCUT2D eigenvalue weighted by atomic mass is 32.1. The van der Waals surface area contributed by atoms with Gasteiger partial charge in [0, 0.05) is 58.4 Å². The van der Waals surface area contributed by atoms with Gasteiger partial charge in [-0.1, -0.05) is 141 Å². The zero-order valence-corrected chi connectivity index (χ0v) is 34.1. The van der Waals surface area contributed by atoms with Crippen LogP contribution in [-0.2, 0) is 5.41 Å². The fourth-order valence-electron chi connectivity index (χ4n) is 10.5. The van der Waals surface area contributed by atoms with Crippen LogP contribution in [0.4, 0.5) is 0 Å². The van der Waals surface area contributed by atoms with E-state index in [2.05, 4.69) is 217 Å². The lowest BCUT2D eigenvalue weighted by molar-refractivity contribution is 0.660. The van der Waals surface area contributed by atoms with Crippen LogP contribution in [0.5, 0.6) is 0 Å². The summed E-state index contributed by atoms with van der Waals surface area (Å²) in [6, 6.07) is 72.4. The summed E-state index contributed by atoms with van der Waals surface area (Å²) < 4.78 is 7.57. The standard InChI is InChI=1S/C57H38N2S/c1-57(2)48-18-8-3-14-40(48)41-28-26-38(34-49(41)57)58-51-20-10-5-15-42(51)46-31-35(24-29-53(46)58)36-25-30-54-47(32-36)43-16-6-11-21-52(43)59(54)50-19-9-4-13-39(50)37-23-27-45-44-17-7-12-22-55(44)60-56(45)33-37/h3-34H,1-2H3. The normalized spacial score (nSPS) is 13.3. The molecule has 0 atom stereocenters. The van der Waals surface area contributed by atoms with E-state index in [0.717, 1.165) is 0 Å². The third-order valence-electron chi connectivity index (χ3n) is 13.3. The first kappa shape index (κ1) is 33.7. The minimum Gasteiger partial charge on any atom is -0.309 e. The van der Waals surface area contributed by atoms with Gasteiger partial charge >= 0.3 is 0 Å². The molecule has 3 heterocycles. The SMILES string of the molecule is CC1(C)c2ccccc2-c2ccc(-n3c4ccccc4c4cc(-c5ccc6c(c5)c5ccccc5n6-c5ccccc5-c5ccc6c(c5)sc5ccccc56)ccc43)cc21. The zero-order valence-electron chi connectivity index (χ0n) is 33.3. The van der Waals surface area contributed by atoms with Crippen LogP contribution in [-0.4, -0.2) is 9.13 Å². The van der Waals surface area contributed by atoms with E-state index in [0.29, 0.717) is 0 Å². The third kappa shape index (κ3) is 4.70. The molecule has 1 aliphatic rings. The van der Waals surface area contributed by atoms with Crippen LogP contribution in [0.15, 0.2) is 194 Å². The molecule has 282 valence electrons. The van der Waals surface area contributed by atoms with E-state index in [4.69, 9.17) is 0 Å². The zero-order chi connectivity index (χ0) is 39.7. The predicted octanol–water partition coefficient (Wildman–Crippen LogP) is 15.9. The van der Waals surface area contributed by atoms with Gasteiger partial charge in [-0.2, -0.15) is 0 Å². The van der Waals surface area contributed by atoms with Gasteiger partial charge in [-0.3, -0.25) is 0 Å². The summed E-state index contributed by atoms with van der Waals surface area (Å²) in [5.74, 6) is 0. The smallest absolute Gasteiger partial charge is 0.0541 e. The van der Waals surface area contributed by atoms with Crippen molar-refractivity contribution in [3.63, 3.8) is 0 Å². The first-order valence-corrected chi connectivity index (χ1v) is 21.7. The van der Waals surface area contributed by atoms with Gasteiger partial charge in [-0.05, 0) is 106 Å². The number of rotatable bonds is 4. The lowest BCUT2D eigenvalue weighted by atomic mass is 9.82. The molecule has 60 heavy (non-hydrogen) atoms. The first-order valence-electron chi connectivity index (χ1n) is 20.8. The van der Waals surface area contributed by atoms with Gasteiger partial charge in [0.05, 0.1) is 27.8 Å². The number of thiophene rings is 1. The fourth-order valence-corrected chi connectivity index (χ4v) is 11.6. The Kier molecular flexibility index (Phi) is 6.98. The van der Waals surface area contributed by atoms with Gasteiger partial charge in [-0.25, -0.2) is 0 Å². The molecule has 13 rings (SSSR count). The molecule has 0 radical (unpaired) electrons. The molecule has 0 fully saturated rings. The molecule has 2 nitrogen and oxygen atoms in total. The lowest BCUT2D eigenvalue weighted by Gasteiger charge is -2.22. The van der Waals surface area contributed by atoms with Crippen molar-refractivity contribution in [2.24, 2.45) is 0 Å². The highest BCUT2D eigenvalue weighted by molar-refractivity contribution is 7.25. The Balaban J connectivity index is 0.950. The highest BCUT2D eigenvalue weighted by Gasteiger charge is 2.35. The van der Waals surface area contributed by atoms with Crippen molar-refractivity contribution in [1.29, 1.82) is 0 Å². The van der Waals surface area contributed by atoms with Crippen LogP contribution in [0.3, 0.4) is 0 Å². The quantitative estimate of drug-likeness (QED) is 0.168. The first-order chi connectivity index (χ1) is 29.5. The molecule has 3 heteroatoms. The maximum absolute atomic E-state index is 2.46. The Morgan fingerprint density at radius 2 is 0.900 bits per heavy atom. The number of para-hydroxylation sites is 3. The van der Waals surface area contributed by atoms with Gasteiger partial charge in [-0.15, -0.1) is 11.3 Å². The minimum absolute atomic E-state index is 0.0638. The summed E-state index contributed by atoms with van der Waals surface area (Å²) in [7, 11) is 0. The van der Waals surface area contributed by atoms with Crippen molar-refractivity contribution >= 4 is 75.1 Å². The van der Waals surface area contributed by atoms with Crippen molar-refractivity contribution in [2.45, 2.75) is 19.3 Å². The average molecular weight is 783 g/mol. The molecule has 0 unspecified atom stereocenters. The lowest BCUT2D eigenvalue weighted by Crippen LogP contribution is -2.15. The van der Waals surface area contributed by atoms with E-state index in [-0.39, 0.29) is 5.41 Å². The van der Waals surface area contributed by atoms with Crippen LogP contribution in [0.2, 0.25) is 0 Å². The summed E-state index contributed by atoms with van der Waals surface area (Å²) in [4.78, 5) is 0. The topological polar surface area (TPSA) is 9.86 Å². The second-order valence-electron chi connectivity index (χ2n) is 16.9. The summed E-state index contributed by atoms with van der Waals surface area (Å²) in [6.07, 6.45) is 0. The largest absolute Gasteiger partial charge is 0.309 e. The van der Waals surface area contributed by atoms with E-state index < -0.39 is 0 Å². The van der Waals surface area contributed by atoms with E-state index in [1.807, 2.05) is 11.3 Å². The van der Waals surface area contributed by atoms with E-state index in [9.17, 15) is 0 Å². The van der Waals surface area contributed by atoms with E-state index in [1.165, 1.54) is 120 Å². The van der Waals surface area contributed by atoms with Gasteiger partial charge in [0.1, 0.15) is 0 Å². The number of hydrogen-bond acceptors (Lipinski definition) is 1. The second-order valence-corrected chi connectivity index (χ2v) is 18.0. The number of benzene rings is 9.